The van der Waals surface area contributed by atoms with E-state index >= 15 is 0 Å². The number of aromatic nitrogens is 2. The number of halogens is 4. The first-order valence-corrected chi connectivity index (χ1v) is 11.3. The van der Waals surface area contributed by atoms with Crippen LogP contribution in [0.25, 0.3) is 16.9 Å². The van der Waals surface area contributed by atoms with Crippen molar-refractivity contribution in [3.8, 4) is 28.5 Å². The number of amides is 1. The number of pyridine rings is 1. The quantitative estimate of drug-likeness (QED) is 0.282. The maximum atomic E-state index is 14.2. The van der Waals surface area contributed by atoms with Gasteiger partial charge >= 0.3 is 6.18 Å². The minimum atomic E-state index is -4.34. The van der Waals surface area contributed by atoms with Crippen LogP contribution in [0, 0.1) is 12.7 Å². The van der Waals surface area contributed by atoms with E-state index < -0.39 is 18.4 Å². The van der Waals surface area contributed by atoms with Crippen molar-refractivity contribution in [2.45, 2.75) is 19.5 Å². The first-order valence-electron chi connectivity index (χ1n) is 11.3. The number of aryl methyl sites for hydroxylation is 1. The number of nitrogens with zero attached hydrogens (tertiary/aromatic N) is 2. The molecule has 7 nitrogen and oxygen atoms in total. The highest BCUT2D eigenvalue weighted by Gasteiger charge is 2.26. The van der Waals surface area contributed by atoms with Gasteiger partial charge in [0.25, 0.3) is 5.91 Å². The molecule has 2 N–H and O–H groups in total. The van der Waals surface area contributed by atoms with E-state index in [1.54, 1.807) is 42.9 Å². The molecule has 0 bridgehead atoms. The van der Waals surface area contributed by atoms with E-state index in [0.717, 1.165) is 11.1 Å². The van der Waals surface area contributed by atoms with E-state index in [-0.39, 0.29) is 29.7 Å². The fourth-order valence-corrected chi connectivity index (χ4v) is 3.91. The second kappa shape index (κ2) is 10.4. The third-order valence-electron chi connectivity index (χ3n) is 5.66. The van der Waals surface area contributed by atoms with E-state index in [2.05, 4.69) is 15.6 Å². The number of carbonyl (C=O) groups is 1. The Balaban J connectivity index is 1.80. The van der Waals surface area contributed by atoms with Crippen molar-refractivity contribution in [1.82, 2.24) is 14.7 Å². The molecule has 0 spiro atoms. The van der Waals surface area contributed by atoms with Crippen LogP contribution in [0.5, 0.6) is 17.2 Å². The Morgan fingerprint density at radius 3 is 2.62 bits per heavy atom. The molecule has 0 atom stereocenters. The van der Waals surface area contributed by atoms with Crippen molar-refractivity contribution in [2.24, 2.45) is 0 Å². The standard InChI is InChI=1S/C26H24F4N4O3/c1-15-11-16(7-8-18(15)25(35)31-2)21-13-33-24-20(32-10-9-26(28,29)30)12-17(14-34(21)24)37-22-6-4-5-19(27)23(22)36-3/h4-8,11-14,32H,9-10H2,1-3H3,(H,31,35). The van der Waals surface area contributed by atoms with Crippen LogP contribution in [0.1, 0.15) is 22.3 Å². The number of carbonyl (C=O) groups excluding carboxylic acids is 1. The van der Waals surface area contributed by atoms with E-state index in [4.69, 9.17) is 9.47 Å². The number of anilines is 1. The summed E-state index contributed by atoms with van der Waals surface area (Å²) >= 11 is 0. The number of hydrogen-bond donors (Lipinski definition) is 2. The van der Waals surface area contributed by atoms with Crippen LogP contribution in [-0.4, -0.2) is 42.2 Å². The maximum Gasteiger partial charge on any atom is 0.390 e. The number of alkyl halides is 3. The second-order valence-corrected chi connectivity index (χ2v) is 8.20. The number of para-hydroxylation sites is 1. The first-order chi connectivity index (χ1) is 17.6. The molecule has 4 aromatic rings. The zero-order valence-electron chi connectivity index (χ0n) is 20.2. The molecule has 2 aromatic carbocycles. The van der Waals surface area contributed by atoms with E-state index in [1.807, 2.05) is 6.07 Å². The zero-order chi connectivity index (χ0) is 26.7. The van der Waals surface area contributed by atoms with E-state index in [0.29, 0.717) is 22.6 Å². The minimum absolute atomic E-state index is 0.0931. The van der Waals surface area contributed by atoms with Crippen LogP contribution in [0.3, 0.4) is 0 Å². The lowest BCUT2D eigenvalue weighted by molar-refractivity contribution is -0.131. The van der Waals surface area contributed by atoms with Gasteiger partial charge < -0.3 is 20.1 Å². The Kier molecular flexibility index (Phi) is 7.23. The monoisotopic (exact) mass is 516 g/mol. The SMILES string of the molecule is CNC(=O)c1ccc(-c2cnc3c(NCCC(F)(F)F)cc(Oc4cccc(F)c4OC)cn23)cc1C. The molecular formula is C26H24F4N4O3. The molecule has 0 saturated heterocycles. The Morgan fingerprint density at radius 2 is 1.95 bits per heavy atom. The van der Waals surface area contributed by atoms with Crippen LogP contribution in [0.15, 0.2) is 54.9 Å². The van der Waals surface area contributed by atoms with Crippen molar-refractivity contribution >= 4 is 17.2 Å². The summed E-state index contributed by atoms with van der Waals surface area (Å²) in [6.07, 6.45) is -2.21. The van der Waals surface area contributed by atoms with Gasteiger partial charge in [0.2, 0.25) is 0 Å². The molecule has 0 fully saturated rings. The fourth-order valence-electron chi connectivity index (χ4n) is 3.91. The molecule has 1 amide bonds. The van der Waals surface area contributed by atoms with Crippen molar-refractivity contribution in [1.29, 1.82) is 0 Å². The molecule has 11 heteroatoms. The summed E-state index contributed by atoms with van der Waals surface area (Å²) < 4.78 is 65.2. The van der Waals surface area contributed by atoms with Gasteiger partial charge in [-0.05, 0) is 36.8 Å². The topological polar surface area (TPSA) is 76.9 Å². The summed E-state index contributed by atoms with van der Waals surface area (Å²) in [6, 6.07) is 10.9. The molecular weight excluding hydrogens is 492 g/mol. The van der Waals surface area contributed by atoms with Gasteiger partial charge in [0.15, 0.2) is 23.0 Å². The van der Waals surface area contributed by atoms with Gasteiger partial charge in [0, 0.05) is 30.8 Å². The average molecular weight is 516 g/mol. The fraction of sp³-hybridized carbons (Fsp3) is 0.231. The molecule has 0 aliphatic carbocycles. The van der Waals surface area contributed by atoms with Crippen LogP contribution in [0.4, 0.5) is 23.2 Å². The summed E-state index contributed by atoms with van der Waals surface area (Å²) in [5.41, 5.74) is 3.23. The Morgan fingerprint density at radius 1 is 1.16 bits per heavy atom. The summed E-state index contributed by atoms with van der Waals surface area (Å²) in [6.45, 7) is 1.42. The molecule has 0 aliphatic rings. The van der Waals surface area contributed by atoms with Gasteiger partial charge in [-0.2, -0.15) is 13.2 Å². The zero-order valence-corrected chi connectivity index (χ0v) is 20.2. The number of hydrogen-bond acceptors (Lipinski definition) is 5. The highest BCUT2D eigenvalue weighted by Crippen LogP contribution is 2.36. The normalized spacial score (nSPS) is 11.4. The molecule has 37 heavy (non-hydrogen) atoms. The highest BCUT2D eigenvalue weighted by molar-refractivity contribution is 5.96. The minimum Gasteiger partial charge on any atom is -0.490 e. The Hall–Kier alpha value is -4.28. The van der Waals surface area contributed by atoms with Gasteiger partial charge in [-0.25, -0.2) is 9.37 Å². The Bertz CT molecular complexity index is 1450. The van der Waals surface area contributed by atoms with E-state index in [1.165, 1.54) is 31.4 Å². The average Bonchev–Trinajstić information content (AvgIpc) is 3.27. The van der Waals surface area contributed by atoms with Gasteiger partial charge in [-0.15, -0.1) is 0 Å². The van der Waals surface area contributed by atoms with E-state index in [9.17, 15) is 22.4 Å². The van der Waals surface area contributed by atoms with Crippen molar-refractivity contribution < 1.29 is 31.8 Å². The number of fused-ring (bicyclic) bond motifs is 1. The third kappa shape index (κ3) is 5.60. The lowest BCUT2D eigenvalue weighted by Gasteiger charge is -2.15. The molecule has 0 saturated carbocycles. The lowest BCUT2D eigenvalue weighted by atomic mass is 10.0. The number of nitrogens with one attached hydrogen (secondary N) is 2. The predicted molar refractivity (Wildman–Crippen MR) is 131 cm³/mol. The lowest BCUT2D eigenvalue weighted by Crippen LogP contribution is -2.18. The molecule has 2 aromatic heterocycles. The van der Waals surface area contributed by atoms with Gasteiger partial charge in [-0.3, -0.25) is 9.20 Å². The first kappa shape index (κ1) is 25.8. The van der Waals surface area contributed by atoms with Gasteiger partial charge in [0.1, 0.15) is 5.75 Å². The number of rotatable bonds is 8. The number of benzene rings is 2. The van der Waals surface area contributed by atoms with Gasteiger partial charge in [-0.1, -0.05) is 12.1 Å². The van der Waals surface area contributed by atoms with Crippen LogP contribution >= 0.6 is 0 Å². The molecule has 0 radical (unpaired) electrons. The number of methoxy groups -OCH3 is 1. The summed E-state index contributed by atoms with van der Waals surface area (Å²) in [4.78, 5) is 16.5. The molecule has 0 unspecified atom stereocenters. The molecule has 4 rings (SSSR count). The van der Waals surface area contributed by atoms with Crippen LogP contribution in [-0.2, 0) is 0 Å². The van der Waals surface area contributed by atoms with Crippen molar-refractivity contribution in [3.63, 3.8) is 0 Å². The predicted octanol–water partition coefficient (Wildman–Crippen LogP) is 5.97. The van der Waals surface area contributed by atoms with Gasteiger partial charge in [0.05, 0.1) is 37.3 Å². The van der Waals surface area contributed by atoms with Crippen molar-refractivity contribution in [3.05, 3.63) is 71.8 Å². The molecule has 0 aliphatic heterocycles. The largest absolute Gasteiger partial charge is 0.490 e. The maximum absolute atomic E-state index is 14.2. The summed E-state index contributed by atoms with van der Waals surface area (Å²) in [5, 5.41) is 5.37. The molecule has 2 heterocycles. The highest BCUT2D eigenvalue weighted by atomic mass is 19.4. The Labute approximate surface area is 210 Å². The number of ether oxygens (including phenoxy) is 2. The summed E-state index contributed by atoms with van der Waals surface area (Å²) in [5.74, 6) is -0.655. The third-order valence-corrected chi connectivity index (χ3v) is 5.66. The van der Waals surface area contributed by atoms with Crippen molar-refractivity contribution in [2.75, 3.05) is 26.0 Å². The molecule has 194 valence electrons. The van der Waals surface area contributed by atoms with Crippen LogP contribution < -0.4 is 20.1 Å². The summed E-state index contributed by atoms with van der Waals surface area (Å²) in [7, 11) is 2.85. The van der Waals surface area contributed by atoms with Crippen LogP contribution in [0.2, 0.25) is 0 Å². The number of imidazole rings is 1. The smallest absolute Gasteiger partial charge is 0.390 e. The second-order valence-electron chi connectivity index (χ2n) is 8.20.